The Morgan fingerprint density at radius 3 is 2.56 bits per heavy atom. The molecule has 5 rings (SSSR count). The molecule has 5 nitrogen and oxygen atoms in total. The summed E-state index contributed by atoms with van der Waals surface area (Å²) in [6.07, 6.45) is 11.0. The van der Waals surface area contributed by atoms with Crippen molar-refractivity contribution in [3.8, 4) is 5.75 Å². The number of aromatic nitrogens is 3. The molecule has 1 saturated carbocycles. The molecule has 0 unspecified atom stereocenters. The normalized spacial score (nSPS) is 18.8. The van der Waals surface area contributed by atoms with E-state index in [9.17, 15) is 0 Å². The fourth-order valence-corrected chi connectivity index (χ4v) is 4.01. The van der Waals surface area contributed by atoms with Crippen molar-refractivity contribution in [2.75, 3.05) is 13.1 Å². The number of ether oxygens (including phenoxy) is 1. The van der Waals surface area contributed by atoms with Crippen LogP contribution >= 0.6 is 0 Å². The quantitative estimate of drug-likeness (QED) is 0.667. The van der Waals surface area contributed by atoms with Crippen LogP contribution in [0.15, 0.2) is 48.9 Å². The molecule has 2 fully saturated rings. The van der Waals surface area contributed by atoms with Crippen LogP contribution in [0.3, 0.4) is 0 Å². The maximum Gasteiger partial charge on any atom is 0.142 e. The molecule has 0 bridgehead atoms. The molecule has 1 saturated heterocycles. The molecule has 27 heavy (non-hydrogen) atoms. The molecular weight excluding hydrogens is 336 g/mol. The van der Waals surface area contributed by atoms with Crippen LogP contribution in [-0.4, -0.2) is 38.6 Å². The minimum atomic E-state index is 0.287. The lowest BCUT2D eigenvalue weighted by atomic mass is 10.1. The minimum absolute atomic E-state index is 0.287. The Labute approximate surface area is 160 Å². The third-order valence-electron chi connectivity index (χ3n) is 5.74. The van der Waals surface area contributed by atoms with E-state index in [4.69, 9.17) is 4.74 Å². The summed E-state index contributed by atoms with van der Waals surface area (Å²) >= 11 is 0. The molecule has 0 atom stereocenters. The number of hydrogen-bond acceptors (Lipinski definition) is 4. The molecule has 0 radical (unpaired) electrons. The smallest absolute Gasteiger partial charge is 0.142 e. The van der Waals surface area contributed by atoms with Crippen LogP contribution in [0.2, 0.25) is 0 Å². The minimum Gasteiger partial charge on any atom is -0.490 e. The highest BCUT2D eigenvalue weighted by Gasteiger charge is 2.24. The van der Waals surface area contributed by atoms with Gasteiger partial charge in [0.15, 0.2) is 0 Å². The van der Waals surface area contributed by atoms with Crippen molar-refractivity contribution in [2.45, 2.75) is 44.9 Å². The van der Waals surface area contributed by atoms with Crippen molar-refractivity contribution in [3.05, 3.63) is 54.7 Å². The lowest BCUT2D eigenvalue weighted by Crippen LogP contribution is -2.38. The number of hydrogen-bond donors (Lipinski definition) is 0. The van der Waals surface area contributed by atoms with E-state index in [0.717, 1.165) is 56.5 Å². The fourth-order valence-electron chi connectivity index (χ4n) is 4.01. The van der Waals surface area contributed by atoms with Crippen LogP contribution in [0.25, 0.3) is 10.9 Å². The van der Waals surface area contributed by atoms with E-state index in [-0.39, 0.29) is 6.10 Å². The van der Waals surface area contributed by atoms with Crippen molar-refractivity contribution in [3.63, 3.8) is 0 Å². The molecule has 0 spiro atoms. The summed E-state index contributed by atoms with van der Waals surface area (Å²) in [5.74, 6) is 2.81. The maximum absolute atomic E-state index is 6.43. The van der Waals surface area contributed by atoms with Crippen LogP contribution in [0, 0.1) is 5.92 Å². The lowest BCUT2D eigenvalue weighted by molar-refractivity contribution is 0.0965. The molecule has 0 N–H and O–H groups in total. The standard InChI is InChI=1S/C22H26N4O/c1-3-20-19(9-14-26(20)15-17-5-6-17)21(4-1)27-18-7-12-25(13-8-18)16-22-23-10-2-11-24-22/h1-4,9-11,14,17-18H,5-8,12-13,15-16H2. The molecule has 2 aliphatic rings. The first-order valence-corrected chi connectivity index (χ1v) is 10.1. The second kappa shape index (κ2) is 7.31. The van der Waals surface area contributed by atoms with E-state index in [2.05, 4.69) is 49.9 Å². The highest BCUT2D eigenvalue weighted by molar-refractivity contribution is 5.86. The van der Waals surface area contributed by atoms with Gasteiger partial charge < -0.3 is 9.30 Å². The Morgan fingerprint density at radius 1 is 0.963 bits per heavy atom. The third kappa shape index (κ3) is 3.83. The predicted molar refractivity (Wildman–Crippen MR) is 106 cm³/mol. The highest BCUT2D eigenvalue weighted by atomic mass is 16.5. The molecule has 1 aromatic carbocycles. The Hall–Kier alpha value is -2.40. The van der Waals surface area contributed by atoms with Gasteiger partial charge >= 0.3 is 0 Å². The first-order chi connectivity index (χ1) is 13.3. The Morgan fingerprint density at radius 2 is 1.78 bits per heavy atom. The zero-order valence-corrected chi connectivity index (χ0v) is 15.6. The van der Waals surface area contributed by atoms with Gasteiger partial charge in [-0.25, -0.2) is 9.97 Å². The molecule has 0 amide bonds. The Bertz CT molecular complexity index is 895. The van der Waals surface area contributed by atoms with E-state index in [1.807, 2.05) is 18.5 Å². The SMILES string of the molecule is c1cnc(CN2CCC(Oc3cccc4c3ccn4CC3CC3)CC2)nc1. The summed E-state index contributed by atoms with van der Waals surface area (Å²) in [4.78, 5) is 11.1. The van der Waals surface area contributed by atoms with Crippen LogP contribution in [0.4, 0.5) is 0 Å². The van der Waals surface area contributed by atoms with Crippen LogP contribution in [0.1, 0.15) is 31.5 Å². The number of benzene rings is 1. The zero-order chi connectivity index (χ0) is 18.1. The van der Waals surface area contributed by atoms with E-state index >= 15 is 0 Å². The fraction of sp³-hybridized carbons (Fsp3) is 0.455. The molecule has 5 heteroatoms. The van der Waals surface area contributed by atoms with E-state index in [1.165, 1.54) is 23.7 Å². The van der Waals surface area contributed by atoms with Crippen molar-refractivity contribution in [1.29, 1.82) is 0 Å². The van der Waals surface area contributed by atoms with Crippen LogP contribution in [0.5, 0.6) is 5.75 Å². The molecule has 3 aromatic rings. The average molecular weight is 362 g/mol. The second-order valence-corrected chi connectivity index (χ2v) is 7.86. The molecule has 2 aromatic heterocycles. The van der Waals surface area contributed by atoms with Gasteiger partial charge in [-0.3, -0.25) is 4.90 Å². The summed E-state index contributed by atoms with van der Waals surface area (Å²) < 4.78 is 8.82. The van der Waals surface area contributed by atoms with Gasteiger partial charge in [-0.05, 0) is 55.9 Å². The van der Waals surface area contributed by atoms with Crippen molar-refractivity contribution in [1.82, 2.24) is 19.4 Å². The molecular formula is C22H26N4O. The first kappa shape index (κ1) is 16.8. The van der Waals surface area contributed by atoms with Gasteiger partial charge in [0.25, 0.3) is 0 Å². The largest absolute Gasteiger partial charge is 0.490 e. The van der Waals surface area contributed by atoms with E-state index < -0.39 is 0 Å². The number of nitrogens with zero attached hydrogens (tertiary/aromatic N) is 4. The van der Waals surface area contributed by atoms with Crippen LogP contribution < -0.4 is 4.74 Å². The summed E-state index contributed by atoms with van der Waals surface area (Å²) in [7, 11) is 0. The highest BCUT2D eigenvalue weighted by Crippen LogP contribution is 2.34. The zero-order valence-electron chi connectivity index (χ0n) is 15.6. The molecule has 1 aliphatic carbocycles. The maximum atomic E-state index is 6.43. The summed E-state index contributed by atoms with van der Waals surface area (Å²) in [5.41, 5.74) is 1.30. The van der Waals surface area contributed by atoms with Crippen molar-refractivity contribution >= 4 is 10.9 Å². The monoisotopic (exact) mass is 362 g/mol. The average Bonchev–Trinajstić information content (AvgIpc) is 3.43. The van der Waals surface area contributed by atoms with Crippen molar-refractivity contribution < 1.29 is 4.74 Å². The van der Waals surface area contributed by atoms with Crippen molar-refractivity contribution in [2.24, 2.45) is 5.92 Å². The summed E-state index contributed by atoms with van der Waals surface area (Å²) in [6.45, 7) is 4.03. The summed E-state index contributed by atoms with van der Waals surface area (Å²) in [5, 5.41) is 1.25. The lowest BCUT2D eigenvalue weighted by Gasteiger charge is -2.31. The molecule has 3 heterocycles. The van der Waals surface area contributed by atoms with E-state index in [1.54, 1.807) is 0 Å². The Kier molecular flexibility index (Phi) is 4.54. The first-order valence-electron chi connectivity index (χ1n) is 10.1. The van der Waals surface area contributed by atoms with Gasteiger partial charge in [-0.15, -0.1) is 0 Å². The van der Waals surface area contributed by atoms with Crippen LogP contribution in [-0.2, 0) is 13.1 Å². The third-order valence-corrected chi connectivity index (χ3v) is 5.74. The van der Waals surface area contributed by atoms with E-state index in [0.29, 0.717) is 0 Å². The number of fused-ring (bicyclic) bond motifs is 1. The van der Waals surface area contributed by atoms with Gasteiger partial charge in [0.05, 0.1) is 12.1 Å². The number of piperidine rings is 1. The summed E-state index contributed by atoms with van der Waals surface area (Å²) in [6, 6.07) is 10.5. The second-order valence-electron chi connectivity index (χ2n) is 7.86. The van der Waals surface area contributed by atoms with Gasteiger partial charge in [-0.2, -0.15) is 0 Å². The Balaban J connectivity index is 1.22. The van der Waals surface area contributed by atoms with Gasteiger partial charge in [0.2, 0.25) is 0 Å². The van der Waals surface area contributed by atoms with Gasteiger partial charge in [-0.1, -0.05) is 6.07 Å². The van der Waals surface area contributed by atoms with Gasteiger partial charge in [0.1, 0.15) is 17.7 Å². The topological polar surface area (TPSA) is 43.2 Å². The molecule has 140 valence electrons. The number of likely N-dealkylation sites (tertiary alicyclic amines) is 1. The molecule has 1 aliphatic heterocycles. The van der Waals surface area contributed by atoms with Gasteiger partial charge in [0, 0.05) is 43.6 Å². The number of rotatable bonds is 6. The predicted octanol–water partition coefficient (Wildman–Crippen LogP) is 3.88.